The van der Waals surface area contributed by atoms with Crippen molar-refractivity contribution in [3.63, 3.8) is 0 Å². The number of rotatable bonds is 7. The standard InChI is InChI=1S/C15H21NO4S/c1-2-18-15(17)11-20-13-6-4-12(5-7-13)19-10-14-16-8-3-9-21-14/h4-7,14,16H,2-3,8-11H2,1H3. The zero-order chi connectivity index (χ0) is 14.9. The van der Waals surface area contributed by atoms with E-state index in [1.807, 2.05) is 23.9 Å². The molecule has 1 fully saturated rings. The highest BCUT2D eigenvalue weighted by Gasteiger charge is 2.13. The second-order valence-electron chi connectivity index (χ2n) is 4.54. The molecule has 21 heavy (non-hydrogen) atoms. The smallest absolute Gasteiger partial charge is 0.344 e. The molecule has 1 atom stereocenters. The third-order valence-corrected chi connectivity index (χ3v) is 4.13. The minimum atomic E-state index is -0.363. The SMILES string of the molecule is CCOC(=O)COc1ccc(OCC2NCCCS2)cc1. The molecule has 6 heteroatoms. The van der Waals surface area contributed by atoms with Gasteiger partial charge in [-0.1, -0.05) is 0 Å². The van der Waals surface area contributed by atoms with Gasteiger partial charge in [-0.05, 0) is 49.9 Å². The normalized spacial score (nSPS) is 18.0. The van der Waals surface area contributed by atoms with Crippen LogP contribution in [0.25, 0.3) is 0 Å². The van der Waals surface area contributed by atoms with Gasteiger partial charge in [0.15, 0.2) is 6.61 Å². The molecule has 1 aliphatic rings. The van der Waals surface area contributed by atoms with Crippen LogP contribution in [0.4, 0.5) is 0 Å². The van der Waals surface area contributed by atoms with Crippen LogP contribution in [0.5, 0.6) is 11.5 Å². The van der Waals surface area contributed by atoms with Crippen molar-refractivity contribution in [3.8, 4) is 11.5 Å². The number of carbonyl (C=O) groups is 1. The van der Waals surface area contributed by atoms with Crippen LogP contribution in [0, 0.1) is 0 Å². The van der Waals surface area contributed by atoms with Crippen LogP contribution in [0.2, 0.25) is 0 Å². The lowest BCUT2D eigenvalue weighted by molar-refractivity contribution is -0.145. The monoisotopic (exact) mass is 311 g/mol. The van der Waals surface area contributed by atoms with Gasteiger partial charge in [0.05, 0.1) is 12.0 Å². The lowest BCUT2D eigenvalue weighted by Gasteiger charge is -2.23. The minimum Gasteiger partial charge on any atom is -0.491 e. The van der Waals surface area contributed by atoms with Gasteiger partial charge in [-0.3, -0.25) is 0 Å². The highest BCUT2D eigenvalue weighted by Crippen LogP contribution is 2.20. The van der Waals surface area contributed by atoms with Gasteiger partial charge in [-0.25, -0.2) is 4.79 Å². The van der Waals surface area contributed by atoms with Gasteiger partial charge in [0.25, 0.3) is 0 Å². The fourth-order valence-corrected chi connectivity index (χ4v) is 2.87. The van der Waals surface area contributed by atoms with Gasteiger partial charge in [-0.15, -0.1) is 11.8 Å². The Morgan fingerprint density at radius 2 is 2.00 bits per heavy atom. The number of hydrogen-bond acceptors (Lipinski definition) is 6. The van der Waals surface area contributed by atoms with Crippen LogP contribution in [0.3, 0.4) is 0 Å². The zero-order valence-electron chi connectivity index (χ0n) is 12.2. The summed E-state index contributed by atoms with van der Waals surface area (Å²) in [6.07, 6.45) is 1.22. The molecule has 2 rings (SSSR count). The highest BCUT2D eigenvalue weighted by atomic mass is 32.2. The van der Waals surface area contributed by atoms with E-state index in [4.69, 9.17) is 14.2 Å². The number of nitrogens with one attached hydrogen (secondary N) is 1. The number of ether oxygens (including phenoxy) is 3. The molecule has 1 unspecified atom stereocenters. The number of esters is 1. The van der Waals surface area contributed by atoms with E-state index in [0.717, 1.165) is 12.3 Å². The van der Waals surface area contributed by atoms with E-state index in [0.29, 0.717) is 24.3 Å². The fourth-order valence-electron chi connectivity index (χ4n) is 1.88. The molecule has 1 aromatic carbocycles. The third kappa shape index (κ3) is 5.85. The highest BCUT2D eigenvalue weighted by molar-refractivity contribution is 7.99. The summed E-state index contributed by atoms with van der Waals surface area (Å²) >= 11 is 1.89. The number of carbonyl (C=O) groups excluding carboxylic acids is 1. The Bertz CT molecular complexity index is 432. The molecule has 1 heterocycles. The van der Waals surface area contributed by atoms with Crippen molar-refractivity contribution >= 4 is 17.7 Å². The van der Waals surface area contributed by atoms with Gasteiger partial charge in [0.1, 0.15) is 18.1 Å². The predicted molar refractivity (Wildman–Crippen MR) is 82.9 cm³/mol. The first-order valence-corrected chi connectivity index (χ1v) is 8.19. The van der Waals surface area contributed by atoms with Crippen LogP contribution in [-0.4, -0.2) is 43.5 Å². The first-order chi connectivity index (χ1) is 10.3. The molecule has 1 aliphatic heterocycles. The maximum atomic E-state index is 11.2. The summed E-state index contributed by atoms with van der Waals surface area (Å²) in [4.78, 5) is 11.2. The number of thioether (sulfide) groups is 1. The first kappa shape index (κ1) is 16.0. The van der Waals surface area contributed by atoms with Crippen LogP contribution in [0.15, 0.2) is 24.3 Å². The summed E-state index contributed by atoms with van der Waals surface area (Å²) in [5.74, 6) is 2.24. The number of hydrogen-bond donors (Lipinski definition) is 1. The van der Waals surface area contributed by atoms with Gasteiger partial charge in [0.2, 0.25) is 0 Å². The molecule has 1 N–H and O–H groups in total. The van der Waals surface area contributed by atoms with Crippen molar-refractivity contribution in [1.29, 1.82) is 0 Å². The number of benzene rings is 1. The molecular formula is C15H21NO4S. The van der Waals surface area contributed by atoms with E-state index in [2.05, 4.69) is 5.32 Å². The molecule has 1 saturated heterocycles. The van der Waals surface area contributed by atoms with Gasteiger partial charge in [0, 0.05) is 0 Å². The molecule has 0 saturated carbocycles. The molecule has 0 amide bonds. The molecule has 116 valence electrons. The lowest BCUT2D eigenvalue weighted by Crippen LogP contribution is -2.36. The fraction of sp³-hybridized carbons (Fsp3) is 0.533. The van der Waals surface area contributed by atoms with Crippen molar-refractivity contribution in [2.24, 2.45) is 0 Å². The van der Waals surface area contributed by atoms with E-state index >= 15 is 0 Å². The minimum absolute atomic E-state index is 0.0727. The van der Waals surface area contributed by atoms with Gasteiger partial charge in [-0.2, -0.15) is 0 Å². The summed E-state index contributed by atoms with van der Waals surface area (Å²) in [6.45, 7) is 3.76. The molecule has 1 aromatic rings. The van der Waals surface area contributed by atoms with E-state index in [9.17, 15) is 4.79 Å². The van der Waals surface area contributed by atoms with Crippen molar-refractivity contribution in [2.75, 3.05) is 32.1 Å². The molecule has 0 radical (unpaired) electrons. The molecule has 0 bridgehead atoms. The Morgan fingerprint density at radius 3 is 2.62 bits per heavy atom. The largest absolute Gasteiger partial charge is 0.491 e. The summed E-state index contributed by atoms with van der Waals surface area (Å²) in [5, 5.41) is 3.77. The topological polar surface area (TPSA) is 56.8 Å². The quantitative estimate of drug-likeness (QED) is 0.778. The van der Waals surface area contributed by atoms with Crippen LogP contribution < -0.4 is 14.8 Å². The zero-order valence-corrected chi connectivity index (χ0v) is 13.0. The Balaban J connectivity index is 1.72. The summed E-state index contributed by atoms with van der Waals surface area (Å²) in [5.41, 5.74) is 0. The second kappa shape index (κ2) is 8.79. The van der Waals surface area contributed by atoms with E-state index in [-0.39, 0.29) is 12.6 Å². The summed E-state index contributed by atoms with van der Waals surface area (Å²) < 4.78 is 15.9. The van der Waals surface area contributed by atoms with E-state index in [1.54, 1.807) is 19.1 Å². The van der Waals surface area contributed by atoms with Crippen LogP contribution in [0.1, 0.15) is 13.3 Å². The van der Waals surface area contributed by atoms with Crippen LogP contribution >= 0.6 is 11.8 Å². The van der Waals surface area contributed by atoms with Crippen molar-refractivity contribution in [2.45, 2.75) is 18.7 Å². The van der Waals surface area contributed by atoms with Gasteiger partial charge >= 0.3 is 5.97 Å². The van der Waals surface area contributed by atoms with Crippen LogP contribution in [-0.2, 0) is 9.53 Å². The van der Waals surface area contributed by atoms with Crippen molar-refractivity contribution in [3.05, 3.63) is 24.3 Å². The molecule has 5 nitrogen and oxygen atoms in total. The summed E-state index contributed by atoms with van der Waals surface area (Å²) in [7, 11) is 0. The third-order valence-electron chi connectivity index (χ3n) is 2.90. The predicted octanol–water partition coefficient (Wildman–Crippen LogP) is 2.06. The Kier molecular flexibility index (Phi) is 6.69. The van der Waals surface area contributed by atoms with Crippen molar-refractivity contribution in [1.82, 2.24) is 5.32 Å². The Labute approximate surface area is 129 Å². The summed E-state index contributed by atoms with van der Waals surface area (Å²) in [6, 6.07) is 7.26. The molecular weight excluding hydrogens is 290 g/mol. The molecule has 0 aliphatic carbocycles. The average Bonchev–Trinajstić information content (AvgIpc) is 2.53. The lowest BCUT2D eigenvalue weighted by atomic mass is 10.3. The van der Waals surface area contributed by atoms with E-state index < -0.39 is 0 Å². The Morgan fingerprint density at radius 1 is 1.29 bits per heavy atom. The molecule has 0 spiro atoms. The second-order valence-corrected chi connectivity index (χ2v) is 5.85. The molecule has 0 aromatic heterocycles. The van der Waals surface area contributed by atoms with Gasteiger partial charge < -0.3 is 19.5 Å². The maximum Gasteiger partial charge on any atom is 0.344 e. The van der Waals surface area contributed by atoms with Crippen molar-refractivity contribution < 1.29 is 19.0 Å². The van der Waals surface area contributed by atoms with E-state index in [1.165, 1.54) is 12.2 Å². The first-order valence-electron chi connectivity index (χ1n) is 7.14. The Hall–Kier alpha value is -1.40. The average molecular weight is 311 g/mol. The maximum absolute atomic E-state index is 11.2.